The average Bonchev–Trinajstić information content (AvgIpc) is 3.37. The zero-order valence-corrected chi connectivity index (χ0v) is 21.7. The number of benzene rings is 2. The third kappa shape index (κ3) is 5.99. The van der Waals surface area contributed by atoms with Gasteiger partial charge in [-0.2, -0.15) is 5.26 Å². The summed E-state index contributed by atoms with van der Waals surface area (Å²) in [7, 11) is 0. The van der Waals surface area contributed by atoms with Crippen LogP contribution in [0.3, 0.4) is 0 Å². The summed E-state index contributed by atoms with van der Waals surface area (Å²) < 4.78 is 16.4. The van der Waals surface area contributed by atoms with Gasteiger partial charge in [-0.05, 0) is 61.6 Å². The number of aliphatic hydroxyl groups excluding tert-OH is 1. The lowest BCUT2D eigenvalue weighted by Gasteiger charge is -2.35. The average molecular weight is 518 g/mol. The number of halogens is 1. The summed E-state index contributed by atoms with van der Waals surface area (Å²) in [4.78, 5) is 4.62. The van der Waals surface area contributed by atoms with Crippen molar-refractivity contribution in [1.82, 2.24) is 14.7 Å². The molecule has 0 amide bonds. The van der Waals surface area contributed by atoms with E-state index in [9.17, 15) is 9.50 Å². The van der Waals surface area contributed by atoms with Crippen LogP contribution in [0.15, 0.2) is 48.5 Å². The fourth-order valence-corrected chi connectivity index (χ4v) is 5.58. The molecule has 0 bridgehead atoms. The number of anilines is 2. The summed E-state index contributed by atoms with van der Waals surface area (Å²) in [5.74, 6) is 0.698. The predicted octanol–water partition coefficient (Wildman–Crippen LogP) is 3.59. The number of nitrogens with one attached hydrogen (secondary N) is 1. The van der Waals surface area contributed by atoms with Crippen molar-refractivity contribution < 1.29 is 9.50 Å². The first-order valence-electron chi connectivity index (χ1n) is 13.5. The molecular weight excluding hydrogens is 481 g/mol. The molecule has 2 atom stereocenters. The van der Waals surface area contributed by atoms with Crippen LogP contribution in [0.2, 0.25) is 0 Å². The minimum atomic E-state index is -0.542. The fraction of sp³-hybridized carbons (Fsp3) is 0.448. The molecule has 2 heterocycles. The summed E-state index contributed by atoms with van der Waals surface area (Å²) in [6, 6.07) is 17.0. The molecule has 9 heteroatoms. The van der Waals surface area contributed by atoms with Crippen LogP contribution in [0.1, 0.15) is 31.2 Å². The summed E-state index contributed by atoms with van der Waals surface area (Å²) in [6.07, 6.45) is 4.41. The number of aromatic nitrogens is 2. The van der Waals surface area contributed by atoms with Crippen molar-refractivity contribution >= 4 is 11.5 Å². The number of β-amino-alcohol motifs (C(OH)–C–C–N with tert-alkyl or cyclic N) is 1. The van der Waals surface area contributed by atoms with E-state index in [2.05, 4.69) is 27.2 Å². The Hall–Kier alpha value is -3.45. The first-order chi connectivity index (χ1) is 18.5. The number of hydrogen-bond acceptors (Lipinski definition) is 7. The zero-order valence-electron chi connectivity index (χ0n) is 21.7. The van der Waals surface area contributed by atoms with Gasteiger partial charge < -0.3 is 21.1 Å². The highest BCUT2D eigenvalue weighted by Gasteiger charge is 2.21. The van der Waals surface area contributed by atoms with E-state index in [0.29, 0.717) is 18.0 Å². The minimum absolute atomic E-state index is 0.0234. The maximum atomic E-state index is 14.5. The molecule has 4 N–H and O–H groups in total. The molecule has 0 unspecified atom stereocenters. The number of nitriles is 1. The number of nitrogens with zero attached hydrogens (tertiary/aromatic N) is 5. The lowest BCUT2D eigenvalue weighted by molar-refractivity contribution is 0.189. The Balaban J connectivity index is 1.38. The Labute approximate surface area is 223 Å². The minimum Gasteiger partial charge on any atom is -0.395 e. The molecule has 2 aliphatic rings. The van der Waals surface area contributed by atoms with Crippen LogP contribution in [0.5, 0.6) is 0 Å². The van der Waals surface area contributed by atoms with Crippen LogP contribution in [0.4, 0.5) is 15.9 Å². The second kappa shape index (κ2) is 11.9. The van der Waals surface area contributed by atoms with Crippen molar-refractivity contribution in [3.63, 3.8) is 0 Å². The number of rotatable bonds is 8. The van der Waals surface area contributed by atoms with E-state index in [-0.39, 0.29) is 18.2 Å². The summed E-state index contributed by atoms with van der Waals surface area (Å²) in [5, 5.41) is 26.7. The zero-order chi connectivity index (χ0) is 26.5. The highest BCUT2D eigenvalue weighted by molar-refractivity contribution is 5.67. The first kappa shape index (κ1) is 26.2. The highest BCUT2D eigenvalue weighted by atomic mass is 19.1. The normalized spacial score (nSPS) is 20.3. The van der Waals surface area contributed by atoms with Gasteiger partial charge in [0.25, 0.3) is 0 Å². The van der Waals surface area contributed by atoms with Crippen LogP contribution < -0.4 is 16.0 Å². The van der Waals surface area contributed by atoms with Crippen LogP contribution in [0.25, 0.3) is 16.9 Å². The van der Waals surface area contributed by atoms with E-state index in [1.165, 1.54) is 12.1 Å². The van der Waals surface area contributed by atoms with E-state index in [0.717, 1.165) is 81.3 Å². The Morgan fingerprint density at radius 1 is 1.05 bits per heavy atom. The molecule has 1 aliphatic heterocycles. The lowest BCUT2D eigenvalue weighted by atomic mass is 9.86. The van der Waals surface area contributed by atoms with Gasteiger partial charge in [0.05, 0.1) is 23.6 Å². The van der Waals surface area contributed by atoms with Crippen LogP contribution in [0, 0.1) is 23.1 Å². The molecule has 2 fully saturated rings. The van der Waals surface area contributed by atoms with Crippen molar-refractivity contribution in [2.24, 2.45) is 11.7 Å². The molecular formula is C29H36FN7O. The first-order valence-corrected chi connectivity index (χ1v) is 13.5. The topological polar surface area (TPSA) is 106 Å². The monoisotopic (exact) mass is 517 g/mol. The molecule has 200 valence electrons. The molecule has 0 radical (unpaired) electrons. The van der Waals surface area contributed by atoms with Gasteiger partial charge in [0, 0.05) is 62.6 Å². The van der Waals surface area contributed by atoms with Gasteiger partial charge in [-0.3, -0.25) is 4.90 Å². The van der Waals surface area contributed by atoms with E-state index in [1.807, 2.05) is 29.0 Å². The molecule has 1 saturated carbocycles. The van der Waals surface area contributed by atoms with Gasteiger partial charge >= 0.3 is 0 Å². The Bertz CT molecular complexity index is 1260. The standard InChI is InChI=1S/C29H36FN7O/c30-27-17-22(4-5-23(27)19-31)28-18-29(33-20-21-2-1-3-24(32)16-21)34-37(28)26-8-6-25(7-9-26)36-12-10-35(11-13-36)14-15-38/h4-9,17-18,21,24,38H,1-3,10-16,20,32H2,(H,33,34)/t21-,24-/m0/s1. The summed E-state index contributed by atoms with van der Waals surface area (Å²) in [5.41, 5.74) is 9.63. The second-order valence-electron chi connectivity index (χ2n) is 10.4. The summed E-state index contributed by atoms with van der Waals surface area (Å²) in [6.45, 7) is 5.38. The predicted molar refractivity (Wildman–Crippen MR) is 148 cm³/mol. The van der Waals surface area contributed by atoms with Crippen LogP contribution in [-0.2, 0) is 0 Å². The SMILES string of the molecule is N#Cc1ccc(-c2cc(NC[C@H]3CCC[C@H](N)C3)nn2-c2ccc(N3CCN(CCO)CC3)cc2)cc1F. The Morgan fingerprint density at radius 3 is 2.50 bits per heavy atom. The van der Waals surface area contributed by atoms with Crippen molar-refractivity contribution in [3.8, 4) is 23.0 Å². The third-order valence-electron chi connectivity index (χ3n) is 7.74. The van der Waals surface area contributed by atoms with Gasteiger partial charge in [0.2, 0.25) is 0 Å². The number of piperazine rings is 1. The van der Waals surface area contributed by atoms with Gasteiger partial charge in [-0.1, -0.05) is 12.5 Å². The lowest BCUT2D eigenvalue weighted by Crippen LogP contribution is -2.47. The fourth-order valence-electron chi connectivity index (χ4n) is 5.58. The van der Waals surface area contributed by atoms with Crippen molar-refractivity contribution in [1.29, 1.82) is 5.26 Å². The number of aliphatic hydroxyl groups is 1. The van der Waals surface area contributed by atoms with Crippen molar-refractivity contribution in [3.05, 3.63) is 59.9 Å². The van der Waals surface area contributed by atoms with Gasteiger partial charge in [0.1, 0.15) is 17.7 Å². The summed E-state index contributed by atoms with van der Waals surface area (Å²) >= 11 is 0. The number of nitrogens with two attached hydrogens (primary N) is 1. The van der Waals surface area contributed by atoms with Crippen molar-refractivity contribution in [2.75, 3.05) is 56.1 Å². The molecule has 38 heavy (non-hydrogen) atoms. The second-order valence-corrected chi connectivity index (χ2v) is 10.4. The molecule has 2 aromatic carbocycles. The molecule has 3 aromatic rings. The van der Waals surface area contributed by atoms with Crippen molar-refractivity contribution in [2.45, 2.75) is 31.7 Å². The van der Waals surface area contributed by atoms with E-state index in [4.69, 9.17) is 16.1 Å². The molecule has 0 spiro atoms. The third-order valence-corrected chi connectivity index (χ3v) is 7.74. The number of hydrogen-bond donors (Lipinski definition) is 3. The van der Waals surface area contributed by atoms with Gasteiger partial charge in [-0.15, -0.1) is 5.10 Å². The quantitative estimate of drug-likeness (QED) is 0.419. The van der Waals surface area contributed by atoms with Gasteiger partial charge in [0.15, 0.2) is 0 Å². The Kier molecular flexibility index (Phi) is 8.23. The highest BCUT2D eigenvalue weighted by Crippen LogP contribution is 2.30. The largest absolute Gasteiger partial charge is 0.395 e. The van der Waals surface area contributed by atoms with E-state index in [1.54, 1.807) is 6.07 Å². The molecule has 8 nitrogen and oxygen atoms in total. The van der Waals surface area contributed by atoms with Crippen LogP contribution >= 0.6 is 0 Å². The maximum Gasteiger partial charge on any atom is 0.149 e. The molecule has 5 rings (SSSR count). The van der Waals surface area contributed by atoms with E-state index >= 15 is 0 Å². The van der Waals surface area contributed by atoms with E-state index < -0.39 is 5.82 Å². The smallest absolute Gasteiger partial charge is 0.149 e. The molecule has 1 aliphatic carbocycles. The van der Waals surface area contributed by atoms with Crippen LogP contribution in [-0.4, -0.2) is 71.7 Å². The Morgan fingerprint density at radius 2 is 1.82 bits per heavy atom. The maximum absolute atomic E-state index is 14.5. The molecule has 1 aromatic heterocycles. The molecule has 1 saturated heterocycles. The van der Waals surface area contributed by atoms with Gasteiger partial charge in [-0.25, -0.2) is 9.07 Å².